The summed E-state index contributed by atoms with van der Waals surface area (Å²) in [5.74, 6) is 0. The first-order valence-electron chi connectivity index (χ1n) is 16.7. The standard InChI is InChI=1S/C46H34N2/c1-2-47-42-24-9-8-23-40(42)41-29-28-35(31-46(41)47)34-18-11-19-36(30-34)39-22-7-10-25-43(39)48(44-26-12-16-32-14-3-5-20-37(32)44)45-27-13-17-33-15-4-6-21-38(33)45/h3-31H,2H2,1H3. The summed E-state index contributed by atoms with van der Waals surface area (Å²) in [6.07, 6.45) is 0. The van der Waals surface area contributed by atoms with E-state index in [4.69, 9.17) is 0 Å². The molecule has 0 aliphatic carbocycles. The van der Waals surface area contributed by atoms with Gasteiger partial charge in [-0.3, -0.25) is 0 Å². The van der Waals surface area contributed by atoms with Crippen molar-refractivity contribution in [1.82, 2.24) is 4.57 Å². The van der Waals surface area contributed by atoms with Crippen molar-refractivity contribution >= 4 is 60.4 Å². The van der Waals surface area contributed by atoms with E-state index in [2.05, 4.69) is 192 Å². The Hall–Kier alpha value is -6.12. The number of benzene rings is 8. The lowest BCUT2D eigenvalue weighted by molar-refractivity contribution is 0.827. The van der Waals surface area contributed by atoms with E-state index < -0.39 is 0 Å². The summed E-state index contributed by atoms with van der Waals surface area (Å²) in [5.41, 5.74) is 10.8. The maximum Gasteiger partial charge on any atom is 0.0540 e. The number of fused-ring (bicyclic) bond motifs is 5. The molecule has 2 nitrogen and oxygen atoms in total. The third-order valence-electron chi connectivity index (χ3n) is 9.76. The molecule has 0 N–H and O–H groups in total. The number of rotatable bonds is 6. The number of para-hydroxylation sites is 2. The SMILES string of the molecule is CCn1c2ccccc2c2ccc(-c3cccc(-c4ccccc4N(c4cccc5ccccc45)c4cccc5ccccc45)c3)cc21. The molecular weight excluding hydrogens is 581 g/mol. The van der Waals surface area contributed by atoms with Gasteiger partial charge in [-0.05, 0) is 70.8 Å². The molecule has 0 spiro atoms. The average molecular weight is 615 g/mol. The third kappa shape index (κ3) is 4.57. The molecule has 1 aromatic heterocycles. The molecule has 0 atom stereocenters. The Morgan fingerprint density at radius 3 is 1.65 bits per heavy atom. The minimum absolute atomic E-state index is 0.930. The van der Waals surface area contributed by atoms with E-state index in [1.165, 1.54) is 65.6 Å². The quantitative estimate of drug-likeness (QED) is 0.181. The van der Waals surface area contributed by atoms with Gasteiger partial charge in [-0.2, -0.15) is 0 Å². The second kappa shape index (κ2) is 11.6. The molecule has 0 bridgehead atoms. The monoisotopic (exact) mass is 614 g/mol. The van der Waals surface area contributed by atoms with Gasteiger partial charge in [0.1, 0.15) is 0 Å². The summed E-state index contributed by atoms with van der Waals surface area (Å²) in [6.45, 7) is 3.16. The van der Waals surface area contributed by atoms with Crippen molar-refractivity contribution in [2.75, 3.05) is 4.90 Å². The van der Waals surface area contributed by atoms with Crippen molar-refractivity contribution in [3.8, 4) is 22.3 Å². The predicted octanol–water partition coefficient (Wildman–Crippen LogP) is 12.9. The van der Waals surface area contributed by atoms with Crippen LogP contribution < -0.4 is 4.90 Å². The van der Waals surface area contributed by atoms with E-state index in [1.54, 1.807) is 0 Å². The van der Waals surface area contributed by atoms with Crippen molar-refractivity contribution in [3.05, 3.63) is 176 Å². The topological polar surface area (TPSA) is 8.17 Å². The minimum Gasteiger partial charge on any atom is -0.341 e. The third-order valence-corrected chi connectivity index (χ3v) is 9.76. The van der Waals surface area contributed by atoms with E-state index in [0.29, 0.717) is 0 Å². The van der Waals surface area contributed by atoms with Gasteiger partial charge in [-0.1, -0.05) is 140 Å². The molecule has 0 unspecified atom stereocenters. The fraction of sp³-hybridized carbons (Fsp3) is 0.0435. The van der Waals surface area contributed by atoms with E-state index in [1.807, 2.05) is 0 Å². The van der Waals surface area contributed by atoms with Crippen molar-refractivity contribution in [2.45, 2.75) is 13.5 Å². The summed E-state index contributed by atoms with van der Waals surface area (Å²) in [6, 6.07) is 64.1. The second-order valence-corrected chi connectivity index (χ2v) is 12.4. The number of nitrogens with zero attached hydrogens (tertiary/aromatic N) is 2. The maximum absolute atomic E-state index is 2.46. The molecule has 0 radical (unpaired) electrons. The fourth-order valence-electron chi connectivity index (χ4n) is 7.54. The fourth-order valence-corrected chi connectivity index (χ4v) is 7.54. The van der Waals surface area contributed by atoms with Gasteiger partial charge in [0.2, 0.25) is 0 Å². The van der Waals surface area contributed by atoms with E-state index in [9.17, 15) is 0 Å². The van der Waals surface area contributed by atoms with Gasteiger partial charge in [0.05, 0.1) is 17.1 Å². The van der Waals surface area contributed by atoms with Crippen LogP contribution in [0.15, 0.2) is 176 Å². The van der Waals surface area contributed by atoms with Gasteiger partial charge in [-0.15, -0.1) is 0 Å². The number of anilines is 3. The van der Waals surface area contributed by atoms with Gasteiger partial charge >= 0.3 is 0 Å². The van der Waals surface area contributed by atoms with Crippen molar-refractivity contribution in [2.24, 2.45) is 0 Å². The number of hydrogen-bond donors (Lipinski definition) is 0. The second-order valence-electron chi connectivity index (χ2n) is 12.4. The molecule has 228 valence electrons. The molecule has 0 amide bonds. The van der Waals surface area contributed by atoms with Crippen LogP contribution in [-0.4, -0.2) is 4.57 Å². The Balaban J connectivity index is 1.24. The van der Waals surface area contributed by atoms with Crippen molar-refractivity contribution in [3.63, 3.8) is 0 Å². The Labute approximate surface area is 280 Å². The highest BCUT2D eigenvalue weighted by Gasteiger charge is 2.21. The molecule has 0 saturated heterocycles. The smallest absolute Gasteiger partial charge is 0.0540 e. The van der Waals surface area contributed by atoms with Gasteiger partial charge in [0, 0.05) is 44.7 Å². The lowest BCUT2D eigenvalue weighted by atomic mass is 9.96. The van der Waals surface area contributed by atoms with Crippen molar-refractivity contribution in [1.29, 1.82) is 0 Å². The van der Waals surface area contributed by atoms with E-state index in [0.717, 1.165) is 23.6 Å². The molecule has 9 rings (SSSR count). The maximum atomic E-state index is 2.46. The highest BCUT2D eigenvalue weighted by Crippen LogP contribution is 2.46. The van der Waals surface area contributed by atoms with Gasteiger partial charge in [0.15, 0.2) is 0 Å². The molecule has 1 heterocycles. The van der Waals surface area contributed by atoms with Gasteiger partial charge in [0.25, 0.3) is 0 Å². The van der Waals surface area contributed by atoms with Gasteiger partial charge < -0.3 is 9.47 Å². The molecule has 0 saturated carbocycles. The van der Waals surface area contributed by atoms with E-state index >= 15 is 0 Å². The number of hydrogen-bond acceptors (Lipinski definition) is 1. The number of aromatic nitrogens is 1. The lowest BCUT2D eigenvalue weighted by Gasteiger charge is -2.30. The zero-order valence-corrected chi connectivity index (χ0v) is 26.8. The Kier molecular flexibility index (Phi) is 6.80. The van der Waals surface area contributed by atoms with E-state index in [-0.39, 0.29) is 0 Å². The summed E-state index contributed by atoms with van der Waals surface area (Å²) in [7, 11) is 0. The molecule has 0 fully saturated rings. The average Bonchev–Trinajstić information content (AvgIpc) is 3.48. The normalized spacial score (nSPS) is 11.5. The van der Waals surface area contributed by atoms with Crippen LogP contribution in [0.3, 0.4) is 0 Å². The van der Waals surface area contributed by atoms with Crippen LogP contribution in [0, 0.1) is 0 Å². The summed E-state index contributed by atoms with van der Waals surface area (Å²) in [4.78, 5) is 2.46. The number of aryl methyl sites for hydroxylation is 1. The van der Waals surface area contributed by atoms with Crippen LogP contribution in [0.2, 0.25) is 0 Å². The molecule has 8 aromatic carbocycles. The zero-order valence-electron chi connectivity index (χ0n) is 26.8. The largest absolute Gasteiger partial charge is 0.341 e. The molecule has 9 aromatic rings. The summed E-state index contributed by atoms with van der Waals surface area (Å²) >= 11 is 0. The Morgan fingerprint density at radius 2 is 0.917 bits per heavy atom. The van der Waals surface area contributed by atoms with Crippen LogP contribution in [0.1, 0.15) is 6.92 Å². The summed E-state index contributed by atoms with van der Waals surface area (Å²) < 4.78 is 2.43. The first kappa shape index (κ1) is 28.1. The molecule has 0 aliphatic rings. The van der Waals surface area contributed by atoms with Crippen LogP contribution in [-0.2, 0) is 6.54 Å². The Morgan fingerprint density at radius 1 is 0.396 bits per heavy atom. The van der Waals surface area contributed by atoms with Gasteiger partial charge in [-0.25, -0.2) is 0 Å². The van der Waals surface area contributed by atoms with Crippen LogP contribution in [0.4, 0.5) is 17.1 Å². The van der Waals surface area contributed by atoms with Crippen LogP contribution in [0.25, 0.3) is 65.6 Å². The first-order chi connectivity index (χ1) is 23.8. The highest BCUT2D eigenvalue weighted by atomic mass is 15.1. The molecule has 2 heteroatoms. The van der Waals surface area contributed by atoms with Crippen LogP contribution >= 0.6 is 0 Å². The zero-order chi connectivity index (χ0) is 32.0. The molecule has 0 aliphatic heterocycles. The lowest BCUT2D eigenvalue weighted by Crippen LogP contribution is -2.12. The first-order valence-corrected chi connectivity index (χ1v) is 16.7. The predicted molar refractivity (Wildman–Crippen MR) is 206 cm³/mol. The Bertz CT molecular complexity index is 2540. The molecule has 48 heavy (non-hydrogen) atoms. The molecular formula is C46H34N2. The minimum atomic E-state index is 0.930. The highest BCUT2D eigenvalue weighted by molar-refractivity contribution is 6.09. The summed E-state index contributed by atoms with van der Waals surface area (Å²) in [5, 5.41) is 7.50. The van der Waals surface area contributed by atoms with Crippen molar-refractivity contribution < 1.29 is 0 Å². The van der Waals surface area contributed by atoms with Crippen LogP contribution in [0.5, 0.6) is 0 Å².